The summed E-state index contributed by atoms with van der Waals surface area (Å²) in [5.41, 5.74) is 2.28. The summed E-state index contributed by atoms with van der Waals surface area (Å²) in [5.74, 6) is -0.577. The molecule has 0 aliphatic carbocycles. The molecule has 0 saturated carbocycles. The van der Waals surface area contributed by atoms with Gasteiger partial charge in [-0.2, -0.15) is 5.26 Å². The second kappa shape index (κ2) is 8.30. The van der Waals surface area contributed by atoms with E-state index in [0.29, 0.717) is 24.3 Å². The number of nitrogens with zero attached hydrogens (tertiary/aromatic N) is 2. The van der Waals surface area contributed by atoms with Crippen LogP contribution in [0.5, 0.6) is 0 Å². The van der Waals surface area contributed by atoms with Crippen LogP contribution in [0.1, 0.15) is 24.0 Å². The largest absolute Gasteiger partial charge is 0.356 e. The number of carbonyl (C=O) groups excluding carboxylic acids is 2. The first-order valence-corrected chi connectivity index (χ1v) is 8.80. The van der Waals surface area contributed by atoms with Gasteiger partial charge >= 0.3 is 0 Å². The van der Waals surface area contributed by atoms with E-state index >= 15 is 0 Å². The predicted octanol–water partition coefficient (Wildman–Crippen LogP) is 2.66. The van der Waals surface area contributed by atoms with E-state index in [1.165, 1.54) is 5.56 Å². The van der Waals surface area contributed by atoms with Crippen molar-refractivity contribution in [1.29, 1.82) is 5.26 Å². The molecule has 132 valence electrons. The zero-order valence-corrected chi connectivity index (χ0v) is 14.5. The first-order valence-electron chi connectivity index (χ1n) is 8.80. The van der Waals surface area contributed by atoms with Crippen molar-refractivity contribution in [1.82, 2.24) is 5.32 Å². The Morgan fingerprint density at radius 2 is 1.88 bits per heavy atom. The monoisotopic (exact) mass is 347 g/mol. The van der Waals surface area contributed by atoms with Crippen LogP contribution in [0.25, 0.3) is 0 Å². The second-order valence-electron chi connectivity index (χ2n) is 6.41. The molecule has 5 heteroatoms. The molecule has 2 aromatic rings. The summed E-state index contributed by atoms with van der Waals surface area (Å²) >= 11 is 0. The van der Waals surface area contributed by atoms with Crippen LogP contribution in [-0.2, 0) is 16.0 Å². The minimum absolute atomic E-state index is 0.0941. The van der Waals surface area contributed by atoms with E-state index < -0.39 is 0 Å². The molecule has 1 aliphatic heterocycles. The summed E-state index contributed by atoms with van der Waals surface area (Å²) < 4.78 is 0. The highest BCUT2D eigenvalue weighted by Crippen LogP contribution is 2.27. The molecule has 0 bridgehead atoms. The molecule has 2 aromatic carbocycles. The fourth-order valence-electron chi connectivity index (χ4n) is 3.21. The minimum atomic E-state index is -0.369. The summed E-state index contributed by atoms with van der Waals surface area (Å²) in [6.45, 7) is 0.912. The molecule has 2 amide bonds. The molecule has 1 unspecified atom stereocenters. The maximum atomic E-state index is 12.4. The van der Waals surface area contributed by atoms with Crippen LogP contribution in [0.4, 0.5) is 5.69 Å². The van der Waals surface area contributed by atoms with Gasteiger partial charge in [-0.25, -0.2) is 0 Å². The number of carbonyl (C=O) groups is 2. The fourth-order valence-corrected chi connectivity index (χ4v) is 3.21. The van der Waals surface area contributed by atoms with E-state index in [4.69, 9.17) is 0 Å². The van der Waals surface area contributed by atoms with Gasteiger partial charge in [0.1, 0.15) is 6.07 Å². The molecule has 26 heavy (non-hydrogen) atoms. The number of nitrogens with one attached hydrogen (secondary N) is 1. The Bertz CT molecular complexity index is 827. The van der Waals surface area contributed by atoms with Crippen molar-refractivity contribution in [3.63, 3.8) is 0 Å². The van der Waals surface area contributed by atoms with Crippen molar-refractivity contribution >= 4 is 17.5 Å². The van der Waals surface area contributed by atoms with Crippen LogP contribution in [0.2, 0.25) is 0 Å². The topological polar surface area (TPSA) is 73.2 Å². The van der Waals surface area contributed by atoms with Gasteiger partial charge in [0.2, 0.25) is 11.8 Å². The third-order valence-corrected chi connectivity index (χ3v) is 4.60. The van der Waals surface area contributed by atoms with Crippen molar-refractivity contribution in [3.8, 4) is 6.07 Å². The number of nitriles is 1. The third-order valence-electron chi connectivity index (χ3n) is 4.60. The maximum absolute atomic E-state index is 12.4. The lowest BCUT2D eigenvalue weighted by molar-refractivity contribution is -0.126. The van der Waals surface area contributed by atoms with Gasteiger partial charge in [-0.1, -0.05) is 42.5 Å². The molecule has 3 rings (SSSR count). The van der Waals surface area contributed by atoms with Gasteiger partial charge in [0.25, 0.3) is 0 Å². The lowest BCUT2D eigenvalue weighted by Gasteiger charge is -2.18. The van der Waals surface area contributed by atoms with Gasteiger partial charge in [-0.15, -0.1) is 0 Å². The summed E-state index contributed by atoms with van der Waals surface area (Å²) in [6, 6.07) is 19.2. The van der Waals surface area contributed by atoms with E-state index in [9.17, 15) is 14.9 Å². The Balaban J connectivity index is 1.52. The average molecular weight is 347 g/mol. The molecule has 1 heterocycles. The van der Waals surface area contributed by atoms with E-state index in [-0.39, 0.29) is 24.2 Å². The van der Waals surface area contributed by atoms with Crippen molar-refractivity contribution in [2.75, 3.05) is 18.0 Å². The number of hydrogen-bond donors (Lipinski definition) is 1. The predicted molar refractivity (Wildman–Crippen MR) is 99.4 cm³/mol. The fraction of sp³-hybridized carbons (Fsp3) is 0.286. The smallest absolute Gasteiger partial charge is 0.227 e. The zero-order chi connectivity index (χ0) is 18.4. The first kappa shape index (κ1) is 17.7. The van der Waals surface area contributed by atoms with Crippen molar-refractivity contribution in [2.45, 2.75) is 19.3 Å². The van der Waals surface area contributed by atoms with Gasteiger partial charge in [-0.3, -0.25) is 9.59 Å². The quantitative estimate of drug-likeness (QED) is 0.817. The van der Waals surface area contributed by atoms with Crippen LogP contribution in [-0.4, -0.2) is 24.9 Å². The summed E-state index contributed by atoms with van der Waals surface area (Å²) in [4.78, 5) is 26.2. The number of para-hydroxylation sites is 1. The van der Waals surface area contributed by atoms with Gasteiger partial charge in [-0.05, 0) is 30.5 Å². The van der Waals surface area contributed by atoms with E-state index in [1.54, 1.807) is 29.2 Å². The Morgan fingerprint density at radius 1 is 1.15 bits per heavy atom. The van der Waals surface area contributed by atoms with Crippen molar-refractivity contribution in [2.24, 2.45) is 5.92 Å². The molecular weight excluding hydrogens is 326 g/mol. The number of amides is 2. The zero-order valence-electron chi connectivity index (χ0n) is 14.5. The molecule has 1 saturated heterocycles. The van der Waals surface area contributed by atoms with Crippen LogP contribution in [0, 0.1) is 17.2 Å². The Morgan fingerprint density at radius 3 is 2.65 bits per heavy atom. The molecule has 1 fully saturated rings. The normalized spacial score (nSPS) is 16.3. The molecule has 0 aromatic heterocycles. The van der Waals surface area contributed by atoms with Crippen molar-refractivity contribution < 1.29 is 9.59 Å². The highest BCUT2D eigenvalue weighted by atomic mass is 16.2. The maximum Gasteiger partial charge on any atom is 0.227 e. The highest BCUT2D eigenvalue weighted by Gasteiger charge is 2.35. The van der Waals surface area contributed by atoms with Crippen molar-refractivity contribution in [3.05, 3.63) is 65.7 Å². The Hall–Kier alpha value is -3.13. The molecule has 1 N–H and O–H groups in total. The van der Waals surface area contributed by atoms with Gasteiger partial charge in [0.15, 0.2) is 0 Å². The molecule has 1 atom stereocenters. The van der Waals surface area contributed by atoms with Gasteiger partial charge < -0.3 is 10.2 Å². The average Bonchev–Trinajstić information content (AvgIpc) is 3.07. The number of benzene rings is 2. The third kappa shape index (κ3) is 4.09. The number of anilines is 1. The second-order valence-corrected chi connectivity index (χ2v) is 6.41. The van der Waals surface area contributed by atoms with E-state index in [0.717, 1.165) is 12.8 Å². The van der Waals surface area contributed by atoms with Crippen LogP contribution >= 0.6 is 0 Å². The standard InChI is InChI=1S/C21H21N3O2/c22-14-17-10-4-5-11-19(17)24-15-18(13-20(24)25)21(26)23-12-6-9-16-7-2-1-3-8-16/h1-5,7-8,10-11,18H,6,9,12-13,15H2,(H,23,26). The summed E-state index contributed by atoms with van der Waals surface area (Å²) in [6.07, 6.45) is 1.95. The summed E-state index contributed by atoms with van der Waals surface area (Å²) in [7, 11) is 0. The number of hydrogen-bond acceptors (Lipinski definition) is 3. The Kier molecular flexibility index (Phi) is 5.65. The number of rotatable bonds is 6. The SMILES string of the molecule is N#Cc1ccccc1N1CC(C(=O)NCCCc2ccccc2)CC1=O. The first-order chi connectivity index (χ1) is 12.7. The van der Waals surface area contributed by atoms with Crippen LogP contribution < -0.4 is 10.2 Å². The van der Waals surface area contributed by atoms with E-state index in [1.807, 2.05) is 18.2 Å². The molecular formula is C21H21N3O2. The van der Waals surface area contributed by atoms with Crippen LogP contribution in [0.3, 0.4) is 0 Å². The minimum Gasteiger partial charge on any atom is -0.356 e. The number of aryl methyl sites for hydroxylation is 1. The molecule has 5 nitrogen and oxygen atoms in total. The van der Waals surface area contributed by atoms with Crippen LogP contribution in [0.15, 0.2) is 54.6 Å². The molecule has 1 aliphatic rings. The lowest BCUT2D eigenvalue weighted by atomic mass is 10.1. The lowest BCUT2D eigenvalue weighted by Crippen LogP contribution is -2.33. The highest BCUT2D eigenvalue weighted by molar-refractivity contribution is 6.01. The Labute approximate surface area is 153 Å². The van der Waals surface area contributed by atoms with Gasteiger partial charge in [0, 0.05) is 19.5 Å². The summed E-state index contributed by atoms with van der Waals surface area (Å²) in [5, 5.41) is 12.1. The van der Waals surface area contributed by atoms with E-state index in [2.05, 4.69) is 23.5 Å². The molecule has 0 spiro atoms. The molecule has 0 radical (unpaired) electrons. The van der Waals surface area contributed by atoms with Gasteiger partial charge in [0.05, 0.1) is 17.2 Å².